The predicted molar refractivity (Wildman–Crippen MR) is 135 cm³/mol. The maximum atomic E-state index is 12.3. The smallest absolute Gasteiger partial charge is 0.218 e. The monoisotopic (exact) mass is 468 g/mol. The summed E-state index contributed by atoms with van der Waals surface area (Å²) in [6.07, 6.45) is 14.8. The van der Waals surface area contributed by atoms with Crippen LogP contribution >= 0.6 is 0 Å². The second-order valence-corrected chi connectivity index (χ2v) is 8.74. The Balaban J connectivity index is 1.53. The number of H-pyrrole nitrogens is 1. The van der Waals surface area contributed by atoms with Crippen LogP contribution in [0.4, 0.5) is 0 Å². The number of rotatable bonds is 9. The first-order valence-electron chi connectivity index (χ1n) is 11.8. The first-order valence-corrected chi connectivity index (χ1v) is 11.8. The average molecular weight is 469 g/mol. The van der Waals surface area contributed by atoms with Gasteiger partial charge in [-0.25, -0.2) is 0 Å². The van der Waals surface area contributed by atoms with E-state index in [0.29, 0.717) is 12.4 Å². The van der Waals surface area contributed by atoms with Crippen molar-refractivity contribution < 1.29 is 19.0 Å². The lowest BCUT2D eigenvalue weighted by atomic mass is 9.75. The van der Waals surface area contributed by atoms with Crippen LogP contribution in [0.5, 0.6) is 5.75 Å². The zero-order valence-corrected chi connectivity index (χ0v) is 19.4. The molecule has 1 aliphatic heterocycles. The first kappa shape index (κ1) is 22.6. The van der Waals surface area contributed by atoms with Crippen LogP contribution in [0.3, 0.4) is 0 Å². The molecule has 3 aromatic rings. The zero-order valence-electron chi connectivity index (χ0n) is 19.4. The number of benzene rings is 2. The molecule has 6 heteroatoms. The van der Waals surface area contributed by atoms with Crippen LogP contribution in [0.15, 0.2) is 103 Å². The quantitative estimate of drug-likeness (QED) is 0.406. The largest absolute Gasteiger partial charge is 0.489 e. The topological polar surface area (TPSA) is 86.6 Å². The molecule has 6 nitrogen and oxygen atoms in total. The van der Waals surface area contributed by atoms with Crippen molar-refractivity contribution in [3.05, 3.63) is 114 Å². The maximum absolute atomic E-state index is 12.3. The van der Waals surface area contributed by atoms with Crippen LogP contribution < -0.4 is 10.5 Å². The van der Waals surface area contributed by atoms with Crippen molar-refractivity contribution in [3.63, 3.8) is 0 Å². The van der Waals surface area contributed by atoms with Crippen molar-refractivity contribution in [3.8, 4) is 5.75 Å². The molecule has 1 aliphatic carbocycles. The molecular formula is C29H28N2O4. The van der Waals surface area contributed by atoms with E-state index in [0.717, 1.165) is 40.6 Å². The van der Waals surface area contributed by atoms with Gasteiger partial charge >= 0.3 is 0 Å². The van der Waals surface area contributed by atoms with E-state index in [9.17, 15) is 4.79 Å². The van der Waals surface area contributed by atoms with Crippen LogP contribution in [0, 0.1) is 5.92 Å². The van der Waals surface area contributed by atoms with E-state index in [1.165, 1.54) is 18.1 Å². The van der Waals surface area contributed by atoms with Crippen molar-refractivity contribution in [2.75, 3.05) is 0 Å². The van der Waals surface area contributed by atoms with Gasteiger partial charge in [0.1, 0.15) is 36.9 Å². The molecule has 2 unspecified atom stereocenters. The minimum Gasteiger partial charge on any atom is -0.489 e. The lowest BCUT2D eigenvalue weighted by molar-refractivity contribution is -0.118. The number of carbonyl (C=O) groups excluding carboxylic acids is 1. The number of hydrogen-bond donors (Lipinski definition) is 2. The number of aromatic nitrogens is 1. The fourth-order valence-electron chi connectivity index (χ4n) is 4.82. The maximum Gasteiger partial charge on any atom is 0.218 e. The second-order valence-electron chi connectivity index (χ2n) is 8.74. The number of carbonyl (C=O) groups is 1. The summed E-state index contributed by atoms with van der Waals surface area (Å²) in [6.45, 7) is 0.475. The fraction of sp³-hybridized carbons (Fsp3) is 0.207. The van der Waals surface area contributed by atoms with Crippen LogP contribution in [0.25, 0.3) is 10.9 Å². The van der Waals surface area contributed by atoms with Gasteiger partial charge in [0.2, 0.25) is 5.91 Å². The van der Waals surface area contributed by atoms with Crippen molar-refractivity contribution in [2.45, 2.75) is 31.8 Å². The molecule has 2 aromatic carbocycles. The predicted octanol–water partition coefficient (Wildman–Crippen LogP) is 5.96. The molecule has 5 rings (SSSR count). The molecule has 2 aliphatic rings. The summed E-state index contributed by atoms with van der Waals surface area (Å²) in [5, 5.41) is 0.992. The van der Waals surface area contributed by atoms with Crippen LogP contribution in [-0.4, -0.2) is 10.9 Å². The van der Waals surface area contributed by atoms with Crippen molar-refractivity contribution in [2.24, 2.45) is 11.7 Å². The Morgan fingerprint density at radius 2 is 2.03 bits per heavy atom. The Bertz CT molecular complexity index is 1320. The van der Waals surface area contributed by atoms with E-state index in [-0.39, 0.29) is 24.2 Å². The number of amides is 1. The van der Waals surface area contributed by atoms with E-state index >= 15 is 0 Å². The Morgan fingerprint density at radius 1 is 1.14 bits per heavy atom. The van der Waals surface area contributed by atoms with E-state index in [1.54, 1.807) is 6.26 Å². The number of nitrogens with one attached hydrogen (secondary N) is 1. The highest BCUT2D eigenvalue weighted by Crippen LogP contribution is 2.44. The molecule has 2 atom stereocenters. The standard InChI is InChI=1S/C29H28N2O4/c30-28(32)16-24(29(21-9-5-2-6-10-21)27-19-33-13-14-34-27)25-17-31-26-12-11-22(15-23(25)26)35-18-20-7-3-1-4-8-20/h1-5,7-9,11-15,17,19,24,29,31H,6,10,16,18H2,(H2,30,32). The summed E-state index contributed by atoms with van der Waals surface area (Å²) in [7, 11) is 0. The summed E-state index contributed by atoms with van der Waals surface area (Å²) in [5.41, 5.74) is 10.00. The minimum atomic E-state index is -0.370. The van der Waals surface area contributed by atoms with Crippen LogP contribution in [0.2, 0.25) is 0 Å². The average Bonchev–Trinajstić information content (AvgIpc) is 3.32. The van der Waals surface area contributed by atoms with Gasteiger partial charge in [0.25, 0.3) is 0 Å². The summed E-state index contributed by atoms with van der Waals surface area (Å²) >= 11 is 0. The lowest BCUT2D eigenvalue weighted by Gasteiger charge is -2.31. The van der Waals surface area contributed by atoms with Gasteiger partial charge in [0.15, 0.2) is 0 Å². The van der Waals surface area contributed by atoms with Gasteiger partial charge in [0, 0.05) is 35.4 Å². The third kappa shape index (κ3) is 5.17. The van der Waals surface area contributed by atoms with Gasteiger partial charge < -0.3 is 24.9 Å². The molecule has 35 heavy (non-hydrogen) atoms. The van der Waals surface area contributed by atoms with Crippen molar-refractivity contribution >= 4 is 16.8 Å². The molecule has 0 radical (unpaired) electrons. The normalized spacial score (nSPS) is 16.6. The van der Waals surface area contributed by atoms with Gasteiger partial charge in [-0.3, -0.25) is 4.79 Å². The van der Waals surface area contributed by atoms with Crippen LogP contribution in [-0.2, 0) is 20.9 Å². The number of nitrogens with two attached hydrogens (primary N) is 1. The highest BCUT2D eigenvalue weighted by Gasteiger charge is 2.34. The van der Waals surface area contributed by atoms with E-state index in [1.807, 2.05) is 54.7 Å². The molecule has 2 heterocycles. The van der Waals surface area contributed by atoms with Gasteiger partial charge in [-0.2, -0.15) is 0 Å². The van der Waals surface area contributed by atoms with Crippen LogP contribution in [0.1, 0.15) is 36.3 Å². The molecular weight excluding hydrogens is 440 g/mol. The SMILES string of the molecule is NC(=O)CC(c1c[nH]c2ccc(OCc3ccccc3)cc12)C(C1=CC=CCC1)C1=COC=CO1. The summed E-state index contributed by atoms with van der Waals surface area (Å²) in [5.74, 6) is 0.600. The molecule has 0 fully saturated rings. The molecule has 0 spiro atoms. The highest BCUT2D eigenvalue weighted by atomic mass is 16.5. The first-order chi connectivity index (χ1) is 17.2. The van der Waals surface area contributed by atoms with E-state index in [2.05, 4.69) is 23.2 Å². The van der Waals surface area contributed by atoms with Crippen molar-refractivity contribution in [1.82, 2.24) is 4.98 Å². The minimum absolute atomic E-state index is 0.165. The van der Waals surface area contributed by atoms with Gasteiger partial charge in [-0.05, 0) is 42.2 Å². The van der Waals surface area contributed by atoms with E-state index in [4.69, 9.17) is 19.9 Å². The third-order valence-electron chi connectivity index (χ3n) is 6.43. The second kappa shape index (κ2) is 10.4. The molecule has 0 saturated carbocycles. The molecule has 0 bridgehead atoms. The number of primary amides is 1. The Kier molecular flexibility index (Phi) is 6.70. The molecule has 3 N–H and O–H groups in total. The number of allylic oxidation sites excluding steroid dienone is 4. The lowest BCUT2D eigenvalue weighted by Crippen LogP contribution is -2.25. The highest BCUT2D eigenvalue weighted by molar-refractivity contribution is 5.86. The van der Waals surface area contributed by atoms with Gasteiger partial charge in [-0.1, -0.05) is 54.1 Å². The fourth-order valence-corrected chi connectivity index (χ4v) is 4.82. The molecule has 178 valence electrons. The summed E-state index contributed by atoms with van der Waals surface area (Å²) in [4.78, 5) is 15.6. The Hall–Kier alpha value is -4.19. The number of fused-ring (bicyclic) bond motifs is 1. The van der Waals surface area contributed by atoms with E-state index < -0.39 is 0 Å². The molecule has 0 saturated heterocycles. The molecule has 1 aromatic heterocycles. The van der Waals surface area contributed by atoms with Crippen molar-refractivity contribution in [1.29, 1.82) is 0 Å². The number of aromatic amines is 1. The Labute approximate surface area is 204 Å². The Morgan fingerprint density at radius 3 is 2.77 bits per heavy atom. The number of hydrogen-bond acceptors (Lipinski definition) is 4. The van der Waals surface area contributed by atoms with Gasteiger partial charge in [-0.15, -0.1) is 0 Å². The van der Waals surface area contributed by atoms with Gasteiger partial charge in [0.05, 0.1) is 0 Å². The third-order valence-corrected chi connectivity index (χ3v) is 6.43. The molecule has 1 amide bonds. The summed E-state index contributed by atoms with van der Waals surface area (Å²) < 4.78 is 17.4. The zero-order chi connectivity index (χ0) is 24.0. The summed E-state index contributed by atoms with van der Waals surface area (Å²) in [6, 6.07) is 16.0. The number of ether oxygens (including phenoxy) is 3.